The lowest BCUT2D eigenvalue weighted by molar-refractivity contribution is -0.385. The van der Waals surface area contributed by atoms with E-state index in [0.29, 0.717) is 5.69 Å². The van der Waals surface area contributed by atoms with E-state index in [1.807, 2.05) is 0 Å². The maximum Gasteiger partial charge on any atom is 0.270 e. The van der Waals surface area contributed by atoms with Crippen LogP contribution in [-0.2, 0) is 0 Å². The third-order valence-electron chi connectivity index (χ3n) is 2.37. The van der Waals surface area contributed by atoms with Gasteiger partial charge in [-0.2, -0.15) is 0 Å². The van der Waals surface area contributed by atoms with Crippen molar-refractivity contribution < 1.29 is 14.4 Å². The molecule has 2 rings (SSSR count). The molecule has 0 aliphatic heterocycles. The smallest absolute Gasteiger partial charge is 0.270 e. The van der Waals surface area contributed by atoms with E-state index in [0.717, 1.165) is 18.2 Å². The number of aliphatic imine (C=N–C) groups is 1. The minimum Gasteiger partial charge on any atom is -0.872 e. The van der Waals surface area contributed by atoms with Crippen molar-refractivity contribution in [2.45, 2.75) is 0 Å². The molecule has 0 aliphatic rings. The molecular formula is C13H8FN2O3-. The van der Waals surface area contributed by atoms with Crippen LogP contribution in [0.1, 0.15) is 5.56 Å². The number of nitro benzene ring substituents is 1. The summed E-state index contributed by atoms with van der Waals surface area (Å²) in [4.78, 5) is 13.9. The van der Waals surface area contributed by atoms with Crippen LogP contribution in [0.2, 0.25) is 0 Å². The molecule has 6 heteroatoms. The maximum absolute atomic E-state index is 12.9. The van der Waals surface area contributed by atoms with Crippen LogP contribution in [0.3, 0.4) is 0 Å². The van der Waals surface area contributed by atoms with Gasteiger partial charge in [-0.3, -0.25) is 15.1 Å². The molecule has 0 bridgehead atoms. The van der Waals surface area contributed by atoms with E-state index in [-0.39, 0.29) is 17.0 Å². The quantitative estimate of drug-likeness (QED) is 0.482. The Morgan fingerprint density at radius 1 is 1.21 bits per heavy atom. The summed E-state index contributed by atoms with van der Waals surface area (Å²) in [5.41, 5.74) is 0.213. The van der Waals surface area contributed by atoms with E-state index in [9.17, 15) is 19.6 Å². The molecule has 0 spiro atoms. The Bertz CT molecular complexity index is 656. The fourth-order valence-electron chi connectivity index (χ4n) is 1.45. The summed E-state index contributed by atoms with van der Waals surface area (Å²) in [7, 11) is 0. The van der Waals surface area contributed by atoms with Gasteiger partial charge >= 0.3 is 0 Å². The van der Waals surface area contributed by atoms with Crippen LogP contribution in [0, 0.1) is 15.9 Å². The van der Waals surface area contributed by atoms with Gasteiger partial charge in [0.1, 0.15) is 5.82 Å². The highest BCUT2D eigenvalue weighted by molar-refractivity contribution is 5.86. The maximum atomic E-state index is 12.9. The van der Waals surface area contributed by atoms with Crippen LogP contribution in [0.25, 0.3) is 0 Å². The highest BCUT2D eigenvalue weighted by Crippen LogP contribution is 2.20. The SMILES string of the molecule is O=[N+]([O-])c1ccc([O-])c(C=Nc2cccc(F)c2)c1. The van der Waals surface area contributed by atoms with Crippen LogP contribution in [0.5, 0.6) is 5.75 Å². The second-order valence-electron chi connectivity index (χ2n) is 3.72. The van der Waals surface area contributed by atoms with Crippen molar-refractivity contribution in [2.24, 2.45) is 4.99 Å². The van der Waals surface area contributed by atoms with E-state index in [1.54, 1.807) is 6.07 Å². The lowest BCUT2D eigenvalue weighted by Crippen LogP contribution is -1.98. The number of halogens is 1. The van der Waals surface area contributed by atoms with E-state index in [2.05, 4.69) is 4.99 Å². The first-order valence-electron chi connectivity index (χ1n) is 5.31. The summed E-state index contributed by atoms with van der Waals surface area (Å²) in [5.74, 6) is -0.832. The van der Waals surface area contributed by atoms with Crippen molar-refractivity contribution in [1.29, 1.82) is 0 Å². The van der Waals surface area contributed by atoms with E-state index in [1.165, 1.54) is 24.4 Å². The summed E-state index contributed by atoms with van der Waals surface area (Å²) < 4.78 is 12.9. The van der Waals surface area contributed by atoms with Crippen molar-refractivity contribution >= 4 is 17.6 Å². The van der Waals surface area contributed by atoms with E-state index < -0.39 is 10.7 Å². The van der Waals surface area contributed by atoms with Crippen LogP contribution in [0.4, 0.5) is 15.8 Å². The number of hydrogen-bond donors (Lipinski definition) is 0. The molecule has 0 aliphatic carbocycles. The molecule has 0 N–H and O–H groups in total. The summed E-state index contributed by atoms with van der Waals surface area (Å²) in [6.07, 6.45) is 1.18. The van der Waals surface area contributed by atoms with Crippen molar-refractivity contribution in [2.75, 3.05) is 0 Å². The first kappa shape index (κ1) is 12.7. The van der Waals surface area contributed by atoms with Crippen LogP contribution >= 0.6 is 0 Å². The zero-order valence-corrected chi connectivity index (χ0v) is 9.62. The molecule has 0 atom stereocenters. The van der Waals surface area contributed by atoms with Crippen molar-refractivity contribution in [3.8, 4) is 5.75 Å². The number of hydrogen-bond acceptors (Lipinski definition) is 4. The van der Waals surface area contributed by atoms with Crippen LogP contribution in [0.15, 0.2) is 47.5 Å². The predicted octanol–water partition coefficient (Wildman–Crippen LogP) is 2.56. The summed E-state index contributed by atoms with van der Waals surface area (Å²) in [6, 6.07) is 8.86. The zero-order valence-electron chi connectivity index (χ0n) is 9.62. The lowest BCUT2D eigenvalue weighted by atomic mass is 10.2. The van der Waals surface area contributed by atoms with Gasteiger partial charge in [-0.05, 0) is 23.8 Å². The molecule has 19 heavy (non-hydrogen) atoms. The molecule has 96 valence electrons. The van der Waals surface area contributed by atoms with E-state index >= 15 is 0 Å². The average molecular weight is 259 g/mol. The van der Waals surface area contributed by atoms with Gasteiger partial charge in [-0.1, -0.05) is 17.9 Å². The summed E-state index contributed by atoms with van der Waals surface area (Å²) >= 11 is 0. The molecule has 2 aromatic carbocycles. The third-order valence-corrected chi connectivity index (χ3v) is 2.37. The highest BCUT2D eigenvalue weighted by atomic mass is 19.1. The first-order chi connectivity index (χ1) is 9.06. The Morgan fingerprint density at radius 3 is 2.68 bits per heavy atom. The minimum atomic E-state index is -0.598. The molecule has 0 amide bonds. The third kappa shape index (κ3) is 3.12. The standard InChI is InChI=1S/C13H9FN2O3/c14-10-2-1-3-11(7-10)15-8-9-6-12(16(18)19)4-5-13(9)17/h1-8,17H/p-1. The van der Waals surface area contributed by atoms with Crippen LogP contribution in [-0.4, -0.2) is 11.1 Å². The van der Waals surface area contributed by atoms with Gasteiger partial charge in [-0.25, -0.2) is 4.39 Å². The molecule has 0 radical (unpaired) electrons. The Kier molecular flexibility index (Phi) is 3.51. The Balaban J connectivity index is 2.32. The molecule has 2 aromatic rings. The number of non-ortho nitro benzene ring substituents is 1. The molecule has 0 saturated heterocycles. The normalized spacial score (nSPS) is 10.8. The fraction of sp³-hybridized carbons (Fsp3) is 0. The monoisotopic (exact) mass is 259 g/mol. The molecule has 0 saturated carbocycles. The Morgan fingerprint density at radius 2 is 2.00 bits per heavy atom. The van der Waals surface area contributed by atoms with Crippen LogP contribution < -0.4 is 5.11 Å². The van der Waals surface area contributed by atoms with Gasteiger partial charge in [-0.15, -0.1) is 0 Å². The lowest BCUT2D eigenvalue weighted by Gasteiger charge is -2.08. The molecule has 0 heterocycles. The Hall–Kier alpha value is -2.76. The van der Waals surface area contributed by atoms with Gasteiger partial charge in [0.25, 0.3) is 5.69 Å². The van der Waals surface area contributed by atoms with Crippen molar-refractivity contribution in [3.05, 3.63) is 64.0 Å². The van der Waals surface area contributed by atoms with Gasteiger partial charge in [0.15, 0.2) is 0 Å². The van der Waals surface area contributed by atoms with Gasteiger partial charge in [0, 0.05) is 18.3 Å². The second-order valence-corrected chi connectivity index (χ2v) is 3.72. The predicted molar refractivity (Wildman–Crippen MR) is 66.2 cm³/mol. The number of nitro groups is 1. The number of benzene rings is 2. The largest absolute Gasteiger partial charge is 0.872 e. The number of rotatable bonds is 3. The number of nitrogens with zero attached hydrogens (tertiary/aromatic N) is 2. The molecular weight excluding hydrogens is 251 g/mol. The van der Waals surface area contributed by atoms with Gasteiger partial charge < -0.3 is 5.11 Å². The van der Waals surface area contributed by atoms with Crippen molar-refractivity contribution in [3.63, 3.8) is 0 Å². The average Bonchev–Trinajstić information content (AvgIpc) is 2.37. The highest BCUT2D eigenvalue weighted by Gasteiger charge is 2.05. The van der Waals surface area contributed by atoms with E-state index in [4.69, 9.17) is 0 Å². The van der Waals surface area contributed by atoms with Crippen molar-refractivity contribution in [1.82, 2.24) is 0 Å². The minimum absolute atomic E-state index is 0.0819. The molecule has 0 unspecified atom stereocenters. The molecule has 0 fully saturated rings. The van der Waals surface area contributed by atoms with Gasteiger partial charge in [0.05, 0.1) is 10.6 Å². The van der Waals surface area contributed by atoms with Gasteiger partial charge in [0.2, 0.25) is 0 Å². The topological polar surface area (TPSA) is 78.6 Å². The fourth-order valence-corrected chi connectivity index (χ4v) is 1.45. The summed E-state index contributed by atoms with van der Waals surface area (Å²) in [5, 5.41) is 22.1. The molecule has 0 aromatic heterocycles. The second kappa shape index (κ2) is 5.26. The first-order valence-corrected chi connectivity index (χ1v) is 5.31. The zero-order chi connectivity index (χ0) is 13.8. The summed E-state index contributed by atoms with van der Waals surface area (Å²) in [6.45, 7) is 0. The Labute approximate surface area is 107 Å². The molecule has 5 nitrogen and oxygen atoms in total.